The van der Waals surface area contributed by atoms with Gasteiger partial charge in [-0.2, -0.15) is 5.10 Å². The summed E-state index contributed by atoms with van der Waals surface area (Å²) in [6, 6.07) is 14.9. The van der Waals surface area contributed by atoms with Crippen molar-refractivity contribution in [3.8, 4) is 0 Å². The van der Waals surface area contributed by atoms with Crippen molar-refractivity contribution in [2.45, 2.75) is 13.1 Å². The van der Waals surface area contributed by atoms with E-state index in [2.05, 4.69) is 16.5 Å². The Bertz CT molecular complexity index is 733. The van der Waals surface area contributed by atoms with Crippen molar-refractivity contribution in [1.29, 1.82) is 0 Å². The maximum atomic E-state index is 13.5. The lowest BCUT2D eigenvalue weighted by Crippen LogP contribution is -2.14. The summed E-state index contributed by atoms with van der Waals surface area (Å²) in [5, 5.41) is 8.89. The van der Waals surface area contributed by atoms with Crippen LogP contribution in [0.5, 0.6) is 0 Å². The van der Waals surface area contributed by atoms with Crippen molar-refractivity contribution < 1.29 is 4.39 Å². The molecule has 0 radical (unpaired) electrons. The van der Waals surface area contributed by atoms with Gasteiger partial charge in [-0.05, 0) is 12.1 Å². The first kappa shape index (κ1) is 12.8. The predicted octanol–water partition coefficient (Wildman–Crippen LogP) is 3.00. The number of hydrogen-bond acceptors (Lipinski definition) is 2. The van der Waals surface area contributed by atoms with Gasteiger partial charge in [-0.3, -0.25) is 4.68 Å². The van der Waals surface area contributed by atoms with Gasteiger partial charge in [0.15, 0.2) is 0 Å². The number of nitrogens with zero attached hydrogens (tertiary/aromatic N) is 2. The van der Waals surface area contributed by atoms with Gasteiger partial charge in [-0.25, -0.2) is 4.39 Å². The van der Waals surface area contributed by atoms with Crippen LogP contribution in [0.15, 0.2) is 48.5 Å². The van der Waals surface area contributed by atoms with Crippen molar-refractivity contribution in [3.63, 3.8) is 0 Å². The van der Waals surface area contributed by atoms with Gasteiger partial charge in [0.2, 0.25) is 0 Å². The molecule has 0 spiro atoms. The van der Waals surface area contributed by atoms with Crippen LogP contribution >= 0.6 is 0 Å². The van der Waals surface area contributed by atoms with E-state index in [9.17, 15) is 4.39 Å². The van der Waals surface area contributed by atoms with E-state index >= 15 is 0 Å². The summed E-state index contributed by atoms with van der Waals surface area (Å²) in [5.41, 5.74) is 2.77. The molecule has 2 aromatic carbocycles. The first-order valence-electron chi connectivity index (χ1n) is 6.60. The fraction of sp³-hybridized carbons (Fsp3) is 0.188. The van der Waals surface area contributed by atoms with E-state index in [1.165, 1.54) is 6.07 Å². The van der Waals surface area contributed by atoms with Crippen molar-refractivity contribution in [3.05, 3.63) is 65.6 Å². The van der Waals surface area contributed by atoms with E-state index in [1.807, 2.05) is 36.0 Å². The van der Waals surface area contributed by atoms with Crippen LogP contribution in [-0.4, -0.2) is 9.78 Å². The van der Waals surface area contributed by atoms with Crippen LogP contribution in [0.3, 0.4) is 0 Å². The molecule has 0 bridgehead atoms. The van der Waals surface area contributed by atoms with Crippen molar-refractivity contribution in [1.82, 2.24) is 15.1 Å². The van der Waals surface area contributed by atoms with E-state index in [-0.39, 0.29) is 5.82 Å². The van der Waals surface area contributed by atoms with Crippen LogP contribution in [0.1, 0.15) is 11.3 Å². The predicted molar refractivity (Wildman–Crippen MR) is 77.7 cm³/mol. The third kappa shape index (κ3) is 2.42. The van der Waals surface area contributed by atoms with Crippen molar-refractivity contribution in [2.75, 3.05) is 0 Å². The van der Waals surface area contributed by atoms with Crippen molar-refractivity contribution in [2.24, 2.45) is 7.05 Å². The van der Waals surface area contributed by atoms with Gasteiger partial charge in [0.25, 0.3) is 0 Å². The summed E-state index contributed by atoms with van der Waals surface area (Å²) in [5.74, 6) is -0.175. The van der Waals surface area contributed by atoms with Gasteiger partial charge in [0, 0.05) is 31.1 Å². The second kappa shape index (κ2) is 5.43. The second-order valence-corrected chi connectivity index (χ2v) is 4.78. The molecular weight excluding hydrogens is 253 g/mol. The summed E-state index contributed by atoms with van der Waals surface area (Å²) in [4.78, 5) is 0. The highest BCUT2D eigenvalue weighted by atomic mass is 19.1. The molecule has 1 N–H and O–H groups in total. The van der Waals surface area contributed by atoms with Crippen molar-refractivity contribution >= 4 is 10.9 Å². The van der Waals surface area contributed by atoms with Gasteiger partial charge in [0.05, 0.1) is 11.2 Å². The number of hydrogen-bond donors (Lipinski definition) is 1. The molecule has 0 aliphatic carbocycles. The van der Waals surface area contributed by atoms with Gasteiger partial charge in [0.1, 0.15) is 5.82 Å². The lowest BCUT2D eigenvalue weighted by Gasteiger charge is -2.04. The standard InChI is InChI=1S/C16H16FN3/c1-20-16-9-5-3-7-13(16)15(19-20)11-18-10-12-6-2-4-8-14(12)17/h2-9,18H,10-11H2,1H3. The van der Waals surface area contributed by atoms with Crippen LogP contribution in [-0.2, 0) is 20.1 Å². The number of rotatable bonds is 4. The molecular formula is C16H16FN3. The molecule has 102 valence electrons. The Morgan fingerprint density at radius 1 is 1.05 bits per heavy atom. The molecule has 3 aromatic rings. The van der Waals surface area contributed by atoms with Crippen LogP contribution in [0.25, 0.3) is 10.9 Å². The number of aryl methyl sites for hydroxylation is 1. The highest BCUT2D eigenvalue weighted by Gasteiger charge is 2.07. The Kier molecular flexibility index (Phi) is 3.48. The molecule has 0 saturated carbocycles. The second-order valence-electron chi connectivity index (χ2n) is 4.78. The lowest BCUT2D eigenvalue weighted by atomic mass is 10.2. The van der Waals surface area contributed by atoms with E-state index in [4.69, 9.17) is 0 Å². The monoisotopic (exact) mass is 269 g/mol. The quantitative estimate of drug-likeness (QED) is 0.789. The van der Waals surface area contributed by atoms with Gasteiger partial charge < -0.3 is 5.32 Å². The van der Waals surface area contributed by atoms with Crippen LogP contribution < -0.4 is 5.32 Å². The molecule has 0 fully saturated rings. The average Bonchev–Trinajstić information content (AvgIpc) is 2.78. The maximum Gasteiger partial charge on any atom is 0.127 e. The summed E-state index contributed by atoms with van der Waals surface area (Å²) < 4.78 is 15.4. The highest BCUT2D eigenvalue weighted by molar-refractivity contribution is 5.81. The average molecular weight is 269 g/mol. The molecule has 0 aliphatic heterocycles. The molecule has 4 heteroatoms. The molecule has 20 heavy (non-hydrogen) atoms. The number of nitrogens with one attached hydrogen (secondary N) is 1. The Hall–Kier alpha value is -2.20. The minimum absolute atomic E-state index is 0.175. The van der Waals surface area contributed by atoms with Crippen LogP contribution in [0.2, 0.25) is 0 Å². The molecule has 1 heterocycles. The first-order valence-corrected chi connectivity index (χ1v) is 6.60. The third-order valence-electron chi connectivity index (χ3n) is 3.40. The summed E-state index contributed by atoms with van der Waals surface area (Å²) in [7, 11) is 1.93. The molecule has 3 rings (SSSR count). The molecule has 0 aliphatic rings. The number of benzene rings is 2. The van der Waals surface area contributed by atoms with E-state index in [0.29, 0.717) is 18.7 Å². The van der Waals surface area contributed by atoms with Crippen LogP contribution in [0, 0.1) is 5.82 Å². The zero-order valence-electron chi connectivity index (χ0n) is 11.3. The molecule has 0 unspecified atom stereocenters. The Balaban J connectivity index is 1.73. The summed E-state index contributed by atoms with van der Waals surface area (Å²) in [6.07, 6.45) is 0. The Morgan fingerprint density at radius 3 is 2.65 bits per heavy atom. The molecule has 1 aromatic heterocycles. The fourth-order valence-electron chi connectivity index (χ4n) is 2.38. The van der Waals surface area contributed by atoms with Gasteiger partial charge >= 0.3 is 0 Å². The number of aromatic nitrogens is 2. The van der Waals surface area contributed by atoms with E-state index in [1.54, 1.807) is 12.1 Å². The van der Waals surface area contributed by atoms with Gasteiger partial charge in [-0.15, -0.1) is 0 Å². The summed E-state index contributed by atoms with van der Waals surface area (Å²) in [6.45, 7) is 1.12. The van der Waals surface area contributed by atoms with E-state index in [0.717, 1.165) is 16.6 Å². The van der Waals surface area contributed by atoms with E-state index < -0.39 is 0 Å². The van der Waals surface area contributed by atoms with Gasteiger partial charge in [-0.1, -0.05) is 36.4 Å². The number of halogens is 1. The SMILES string of the molecule is Cn1nc(CNCc2ccccc2F)c2ccccc21. The zero-order chi connectivity index (χ0) is 13.9. The Labute approximate surface area is 117 Å². The maximum absolute atomic E-state index is 13.5. The minimum atomic E-state index is -0.175. The topological polar surface area (TPSA) is 29.9 Å². The fourth-order valence-corrected chi connectivity index (χ4v) is 2.38. The summed E-state index contributed by atoms with van der Waals surface area (Å²) >= 11 is 0. The lowest BCUT2D eigenvalue weighted by molar-refractivity contribution is 0.584. The molecule has 3 nitrogen and oxygen atoms in total. The smallest absolute Gasteiger partial charge is 0.127 e. The largest absolute Gasteiger partial charge is 0.307 e. The minimum Gasteiger partial charge on any atom is -0.307 e. The molecule has 0 saturated heterocycles. The first-order chi connectivity index (χ1) is 9.75. The molecule has 0 atom stereocenters. The molecule has 0 amide bonds. The third-order valence-corrected chi connectivity index (χ3v) is 3.40. The zero-order valence-corrected chi connectivity index (χ0v) is 11.3. The van der Waals surface area contributed by atoms with Crippen LogP contribution in [0.4, 0.5) is 4.39 Å². The normalized spacial score (nSPS) is 11.1. The highest BCUT2D eigenvalue weighted by Crippen LogP contribution is 2.17. The number of para-hydroxylation sites is 1. The number of fused-ring (bicyclic) bond motifs is 1. The Morgan fingerprint density at radius 2 is 1.80 bits per heavy atom.